The Kier molecular flexibility index (Phi) is 8.90. The molecule has 1 aliphatic heterocycles. The minimum Gasteiger partial charge on any atom is -0.418 e. The standard InChI is InChI=1S/C13H22N2O2S2.Na/c1-5-13(9(4)19-7-6-8(2)3)10(16)14-12(18)15-11(13)17;/h8-9H,5-7H2,1-4H3,(H2,14,15,16,17,18);/q;+1/p-1. The zero-order valence-corrected chi connectivity index (χ0v) is 16.5. The van der Waals surface area contributed by atoms with Crippen LogP contribution in [0.5, 0.6) is 0 Å². The van der Waals surface area contributed by atoms with Crippen LogP contribution in [-0.2, 0) is 9.59 Å². The number of hydrogen-bond donors (Lipinski definition) is 1. The second-order valence-corrected chi connectivity index (χ2v) is 7.03. The van der Waals surface area contributed by atoms with Crippen LogP contribution in [-0.4, -0.2) is 27.9 Å². The number of hydrogen-bond acceptors (Lipinski definition) is 4. The van der Waals surface area contributed by atoms with E-state index in [1.54, 1.807) is 11.8 Å². The molecule has 0 aliphatic carbocycles. The van der Waals surface area contributed by atoms with E-state index in [0.717, 1.165) is 12.2 Å². The van der Waals surface area contributed by atoms with Crippen LogP contribution >= 0.6 is 24.0 Å². The van der Waals surface area contributed by atoms with Gasteiger partial charge in [-0.25, -0.2) is 0 Å². The van der Waals surface area contributed by atoms with Gasteiger partial charge in [0.15, 0.2) is 11.8 Å². The molecule has 1 fully saturated rings. The van der Waals surface area contributed by atoms with E-state index in [1.165, 1.54) is 0 Å². The van der Waals surface area contributed by atoms with Crippen LogP contribution in [0.4, 0.5) is 0 Å². The molecule has 1 aliphatic rings. The second kappa shape index (κ2) is 8.73. The summed E-state index contributed by atoms with van der Waals surface area (Å²) in [7, 11) is 0. The fourth-order valence-corrected chi connectivity index (χ4v) is 3.90. The molecule has 108 valence electrons. The summed E-state index contributed by atoms with van der Waals surface area (Å²) in [6.45, 7) is 8.09. The Morgan fingerprint density at radius 1 is 1.35 bits per heavy atom. The van der Waals surface area contributed by atoms with Crippen LogP contribution in [0.3, 0.4) is 0 Å². The molecule has 2 unspecified atom stereocenters. The van der Waals surface area contributed by atoms with Crippen LogP contribution in [0.2, 0.25) is 0 Å². The quantitative estimate of drug-likeness (QED) is 0.420. The number of amides is 2. The summed E-state index contributed by atoms with van der Waals surface area (Å²) in [5.41, 5.74) is -1.07. The Bertz CT molecular complexity index is 369. The maximum Gasteiger partial charge on any atom is 1.00 e. The smallest absolute Gasteiger partial charge is 0.418 e. The summed E-state index contributed by atoms with van der Waals surface area (Å²) in [6.07, 6.45) is 1.51. The first kappa shape index (κ1) is 20.4. The Morgan fingerprint density at radius 2 is 1.95 bits per heavy atom. The van der Waals surface area contributed by atoms with E-state index >= 15 is 0 Å². The molecular formula is C13H21N2NaO2S2. The van der Waals surface area contributed by atoms with Crippen molar-refractivity contribution in [3.63, 3.8) is 0 Å². The fourth-order valence-electron chi connectivity index (χ4n) is 2.11. The van der Waals surface area contributed by atoms with Crippen LogP contribution in [0.15, 0.2) is 0 Å². The number of carbonyl (C=O) groups excluding carboxylic acids is 2. The van der Waals surface area contributed by atoms with Crippen LogP contribution in [0.1, 0.15) is 40.5 Å². The molecule has 0 spiro atoms. The minimum atomic E-state index is -1.07. The van der Waals surface area contributed by atoms with E-state index in [0.29, 0.717) is 12.3 Å². The molecular weight excluding hydrogens is 303 g/mol. The molecule has 20 heavy (non-hydrogen) atoms. The zero-order chi connectivity index (χ0) is 14.6. The van der Waals surface area contributed by atoms with Gasteiger partial charge in [0.1, 0.15) is 0 Å². The number of thioether (sulfide) groups is 1. The number of carbonyl (C=O) groups is 2. The first-order valence-corrected chi connectivity index (χ1v) is 8.03. The fraction of sp³-hybridized carbons (Fsp3) is 0.769. The van der Waals surface area contributed by atoms with Crippen molar-refractivity contribution < 1.29 is 39.1 Å². The molecule has 1 heterocycles. The number of nitrogens with zero attached hydrogens (tertiary/aromatic N) is 1. The van der Waals surface area contributed by atoms with Crippen LogP contribution in [0, 0.1) is 11.3 Å². The first-order valence-electron chi connectivity index (χ1n) is 6.57. The van der Waals surface area contributed by atoms with Gasteiger partial charge in [0, 0.05) is 10.4 Å². The Morgan fingerprint density at radius 3 is 2.40 bits per heavy atom. The third-order valence-corrected chi connectivity index (χ3v) is 5.09. The summed E-state index contributed by atoms with van der Waals surface area (Å²) in [4.78, 5) is 24.4. The summed E-state index contributed by atoms with van der Waals surface area (Å²) in [6, 6.07) is 0. The Labute approximate surface area is 152 Å². The van der Waals surface area contributed by atoms with E-state index in [4.69, 9.17) is 12.2 Å². The second-order valence-electron chi connectivity index (χ2n) is 5.20. The van der Waals surface area contributed by atoms with Crippen molar-refractivity contribution in [3.05, 3.63) is 5.32 Å². The zero-order valence-electron chi connectivity index (χ0n) is 12.9. The minimum absolute atomic E-state index is 0. The molecule has 1 saturated heterocycles. The molecule has 2 amide bonds. The van der Waals surface area contributed by atoms with Crippen molar-refractivity contribution in [2.45, 2.75) is 45.8 Å². The monoisotopic (exact) mass is 324 g/mol. The van der Waals surface area contributed by atoms with E-state index in [2.05, 4.69) is 24.5 Å². The van der Waals surface area contributed by atoms with Gasteiger partial charge in [0.05, 0.1) is 5.41 Å². The van der Waals surface area contributed by atoms with Crippen LogP contribution in [0.25, 0.3) is 5.32 Å². The van der Waals surface area contributed by atoms with Gasteiger partial charge >= 0.3 is 29.6 Å². The summed E-state index contributed by atoms with van der Waals surface area (Å²) in [5, 5.41) is 6.18. The van der Waals surface area contributed by atoms with Gasteiger partial charge in [-0.2, -0.15) is 11.8 Å². The van der Waals surface area contributed by atoms with E-state index in [-0.39, 0.29) is 45.8 Å². The molecule has 0 aromatic heterocycles. The maximum absolute atomic E-state index is 12.2. The molecule has 1 rings (SSSR count). The number of rotatable bonds is 6. The number of nitrogens with one attached hydrogen (secondary N) is 1. The third-order valence-electron chi connectivity index (χ3n) is 3.53. The van der Waals surface area contributed by atoms with Gasteiger partial charge in [0.2, 0.25) is 0 Å². The number of thiocarbonyl (C=S) groups is 1. The summed E-state index contributed by atoms with van der Waals surface area (Å²) in [5.74, 6) is 0.856. The van der Waals surface area contributed by atoms with E-state index in [9.17, 15) is 9.59 Å². The predicted octanol–water partition coefficient (Wildman–Crippen LogP) is -0.130. The Balaban J connectivity index is 0.00000361. The van der Waals surface area contributed by atoms with Crippen molar-refractivity contribution in [1.82, 2.24) is 5.32 Å². The van der Waals surface area contributed by atoms with Crippen LogP contribution < -0.4 is 34.9 Å². The van der Waals surface area contributed by atoms with Gasteiger partial charge in [-0.15, -0.1) is 0 Å². The van der Waals surface area contributed by atoms with Gasteiger partial charge in [0.25, 0.3) is 0 Å². The van der Waals surface area contributed by atoms with Crippen molar-refractivity contribution >= 4 is 40.9 Å². The van der Waals surface area contributed by atoms with E-state index in [1.807, 2.05) is 13.8 Å². The Hall–Kier alpha value is 0.380. The third kappa shape index (κ3) is 4.44. The SMILES string of the molecule is CCC1(C(C)SCCC(C)C)C(=O)[N-]C(=S)NC1=O.[Na+]. The molecule has 0 aromatic carbocycles. The van der Waals surface area contributed by atoms with Gasteiger partial charge < -0.3 is 10.6 Å². The molecule has 2 atom stereocenters. The summed E-state index contributed by atoms with van der Waals surface area (Å²) >= 11 is 6.45. The normalized spacial score (nSPS) is 23.9. The largest absolute Gasteiger partial charge is 1.00 e. The van der Waals surface area contributed by atoms with Crippen molar-refractivity contribution in [1.29, 1.82) is 0 Å². The average Bonchev–Trinajstić information content (AvgIpc) is 2.28. The van der Waals surface area contributed by atoms with Crippen molar-refractivity contribution in [2.75, 3.05) is 5.75 Å². The molecule has 7 heteroatoms. The summed E-state index contributed by atoms with van der Waals surface area (Å²) < 4.78 is 0. The van der Waals surface area contributed by atoms with Crippen molar-refractivity contribution in [2.24, 2.45) is 11.3 Å². The van der Waals surface area contributed by atoms with Gasteiger partial charge in [-0.3, -0.25) is 9.59 Å². The molecule has 0 bridgehead atoms. The average molecular weight is 324 g/mol. The molecule has 4 nitrogen and oxygen atoms in total. The molecule has 0 aromatic rings. The van der Waals surface area contributed by atoms with E-state index < -0.39 is 11.3 Å². The molecule has 0 radical (unpaired) electrons. The predicted molar refractivity (Wildman–Crippen MR) is 83.2 cm³/mol. The van der Waals surface area contributed by atoms with Gasteiger partial charge in [-0.05, 0) is 24.5 Å². The van der Waals surface area contributed by atoms with Crippen molar-refractivity contribution in [3.8, 4) is 0 Å². The molecule has 0 saturated carbocycles. The topological polar surface area (TPSA) is 60.3 Å². The molecule has 1 N–H and O–H groups in total. The van der Waals surface area contributed by atoms with Gasteiger partial charge in [-0.1, -0.05) is 39.9 Å². The first-order chi connectivity index (χ1) is 8.84. The maximum atomic E-state index is 12.2.